The third-order valence-electron chi connectivity index (χ3n) is 5.69. The molecule has 0 saturated heterocycles. The van der Waals surface area contributed by atoms with Crippen LogP contribution < -0.4 is 0 Å². The van der Waals surface area contributed by atoms with Gasteiger partial charge in [-0.05, 0) is 55.8 Å². The number of hydrogen-bond acceptors (Lipinski definition) is 0. The molecule has 0 aromatic heterocycles. The van der Waals surface area contributed by atoms with Crippen LogP contribution in [0.25, 0.3) is 0 Å². The second-order valence-electron chi connectivity index (χ2n) is 6.59. The zero-order valence-corrected chi connectivity index (χ0v) is 11.4. The quantitative estimate of drug-likeness (QED) is 0.516. The molecule has 0 amide bonds. The average Bonchev–Trinajstić information content (AvgIpc) is 2.36. The van der Waals surface area contributed by atoms with Gasteiger partial charge in [0.15, 0.2) is 0 Å². The van der Waals surface area contributed by atoms with E-state index in [9.17, 15) is 0 Å². The zero-order chi connectivity index (χ0) is 11.4. The maximum atomic E-state index is 2.55. The summed E-state index contributed by atoms with van der Waals surface area (Å²) >= 11 is 0. The molecule has 3 fully saturated rings. The Kier molecular flexibility index (Phi) is 4.33. The lowest BCUT2D eigenvalue weighted by Gasteiger charge is -2.50. The molecular weight excluding hydrogens is 192 g/mol. The standard InChI is InChI=1S/C16H30/c1-3-4-5-6-7-14(2)16-11-8-15(9-12-16)10-13-16/h14-15H,3-13H2,1-2H3. The molecule has 0 spiro atoms. The first-order valence-electron chi connectivity index (χ1n) is 7.77. The molecule has 94 valence electrons. The Hall–Kier alpha value is 0. The maximum Gasteiger partial charge on any atom is -0.0271 e. The lowest BCUT2D eigenvalue weighted by molar-refractivity contribution is 0.0104. The highest BCUT2D eigenvalue weighted by molar-refractivity contribution is 4.94. The second-order valence-corrected chi connectivity index (χ2v) is 6.59. The number of rotatable bonds is 6. The van der Waals surface area contributed by atoms with Crippen LogP contribution in [0, 0.1) is 17.3 Å². The van der Waals surface area contributed by atoms with Crippen LogP contribution in [0.4, 0.5) is 0 Å². The lowest BCUT2D eigenvalue weighted by Crippen LogP contribution is -2.38. The van der Waals surface area contributed by atoms with Crippen LogP contribution in [0.3, 0.4) is 0 Å². The van der Waals surface area contributed by atoms with Crippen molar-refractivity contribution in [1.29, 1.82) is 0 Å². The first-order valence-corrected chi connectivity index (χ1v) is 7.77. The Labute approximate surface area is 102 Å². The van der Waals surface area contributed by atoms with Gasteiger partial charge in [-0.25, -0.2) is 0 Å². The fourth-order valence-corrected chi connectivity index (χ4v) is 4.21. The van der Waals surface area contributed by atoms with Gasteiger partial charge in [-0.2, -0.15) is 0 Å². The monoisotopic (exact) mass is 222 g/mol. The summed E-state index contributed by atoms with van der Waals surface area (Å²) in [5.41, 5.74) is 0.793. The first kappa shape index (κ1) is 12.5. The van der Waals surface area contributed by atoms with Crippen molar-refractivity contribution in [2.75, 3.05) is 0 Å². The molecule has 3 aliphatic rings. The van der Waals surface area contributed by atoms with Crippen molar-refractivity contribution in [3.63, 3.8) is 0 Å². The van der Waals surface area contributed by atoms with Crippen LogP contribution in [0.1, 0.15) is 84.5 Å². The summed E-state index contributed by atoms with van der Waals surface area (Å²) in [6.07, 6.45) is 16.6. The number of fused-ring (bicyclic) bond motifs is 3. The van der Waals surface area contributed by atoms with E-state index in [1.54, 1.807) is 38.5 Å². The van der Waals surface area contributed by atoms with E-state index in [0.717, 1.165) is 17.3 Å². The third kappa shape index (κ3) is 2.63. The van der Waals surface area contributed by atoms with Crippen LogP contribution >= 0.6 is 0 Å². The molecule has 0 nitrogen and oxygen atoms in total. The lowest BCUT2D eigenvalue weighted by atomic mass is 9.55. The van der Waals surface area contributed by atoms with Crippen molar-refractivity contribution in [2.45, 2.75) is 84.5 Å². The Morgan fingerprint density at radius 3 is 2.19 bits per heavy atom. The Bertz CT molecular complexity index is 184. The molecule has 0 aromatic rings. The van der Waals surface area contributed by atoms with Crippen LogP contribution in [-0.4, -0.2) is 0 Å². The van der Waals surface area contributed by atoms with E-state index in [1.165, 1.54) is 32.1 Å². The molecule has 2 bridgehead atoms. The van der Waals surface area contributed by atoms with Gasteiger partial charge < -0.3 is 0 Å². The van der Waals surface area contributed by atoms with Crippen LogP contribution in [0.15, 0.2) is 0 Å². The van der Waals surface area contributed by atoms with Crippen molar-refractivity contribution >= 4 is 0 Å². The summed E-state index contributed by atoms with van der Waals surface area (Å²) < 4.78 is 0. The van der Waals surface area contributed by atoms with Gasteiger partial charge in [0.1, 0.15) is 0 Å². The maximum absolute atomic E-state index is 2.55. The van der Waals surface area contributed by atoms with E-state index in [0.29, 0.717) is 0 Å². The van der Waals surface area contributed by atoms with Crippen molar-refractivity contribution in [1.82, 2.24) is 0 Å². The third-order valence-corrected chi connectivity index (χ3v) is 5.69. The van der Waals surface area contributed by atoms with Gasteiger partial charge in [-0.1, -0.05) is 46.0 Å². The fourth-order valence-electron chi connectivity index (χ4n) is 4.21. The Morgan fingerprint density at radius 2 is 1.62 bits per heavy atom. The summed E-state index contributed by atoms with van der Waals surface area (Å²) in [6.45, 7) is 4.86. The summed E-state index contributed by atoms with van der Waals surface area (Å²) in [5.74, 6) is 2.12. The van der Waals surface area contributed by atoms with Crippen molar-refractivity contribution < 1.29 is 0 Å². The van der Waals surface area contributed by atoms with Gasteiger partial charge >= 0.3 is 0 Å². The molecule has 3 saturated carbocycles. The highest BCUT2D eigenvalue weighted by atomic mass is 14.5. The SMILES string of the molecule is CCCCCCC(C)C12CCC(CC1)CC2. The number of unbranched alkanes of at least 4 members (excludes halogenated alkanes) is 3. The molecule has 3 rings (SSSR count). The van der Waals surface area contributed by atoms with Crippen LogP contribution in [0.2, 0.25) is 0 Å². The minimum atomic E-state index is 0.793. The Balaban J connectivity index is 1.76. The van der Waals surface area contributed by atoms with E-state index in [4.69, 9.17) is 0 Å². The van der Waals surface area contributed by atoms with Crippen LogP contribution in [-0.2, 0) is 0 Å². The highest BCUT2D eigenvalue weighted by Crippen LogP contribution is 2.55. The van der Waals surface area contributed by atoms with Crippen molar-refractivity contribution in [3.8, 4) is 0 Å². The molecular formula is C16H30. The first-order chi connectivity index (χ1) is 7.77. The smallest absolute Gasteiger partial charge is 0.0271 e. The number of hydrogen-bond donors (Lipinski definition) is 0. The zero-order valence-electron chi connectivity index (χ0n) is 11.4. The summed E-state index contributed by atoms with van der Waals surface area (Å²) in [7, 11) is 0. The molecule has 1 atom stereocenters. The molecule has 0 heteroatoms. The van der Waals surface area contributed by atoms with Gasteiger partial charge in [-0.15, -0.1) is 0 Å². The second kappa shape index (κ2) is 5.56. The van der Waals surface area contributed by atoms with E-state index in [1.807, 2.05) is 0 Å². The van der Waals surface area contributed by atoms with E-state index < -0.39 is 0 Å². The van der Waals surface area contributed by atoms with Crippen molar-refractivity contribution in [3.05, 3.63) is 0 Å². The van der Waals surface area contributed by atoms with Gasteiger partial charge in [0.25, 0.3) is 0 Å². The molecule has 3 aliphatic carbocycles. The fraction of sp³-hybridized carbons (Fsp3) is 1.00. The molecule has 0 aliphatic heterocycles. The van der Waals surface area contributed by atoms with Gasteiger partial charge in [0.2, 0.25) is 0 Å². The van der Waals surface area contributed by atoms with E-state index in [2.05, 4.69) is 13.8 Å². The van der Waals surface area contributed by atoms with Crippen molar-refractivity contribution in [2.24, 2.45) is 17.3 Å². The van der Waals surface area contributed by atoms with Gasteiger partial charge in [0.05, 0.1) is 0 Å². The molecule has 1 unspecified atom stereocenters. The average molecular weight is 222 g/mol. The van der Waals surface area contributed by atoms with Gasteiger partial charge in [0, 0.05) is 0 Å². The summed E-state index contributed by atoms with van der Waals surface area (Å²) in [4.78, 5) is 0. The largest absolute Gasteiger partial charge is 0.0654 e. The topological polar surface area (TPSA) is 0 Å². The minimum absolute atomic E-state index is 0.793. The summed E-state index contributed by atoms with van der Waals surface area (Å²) in [6, 6.07) is 0. The van der Waals surface area contributed by atoms with Crippen LogP contribution in [0.5, 0.6) is 0 Å². The molecule has 0 N–H and O–H groups in total. The molecule has 0 aromatic carbocycles. The normalized spacial score (nSPS) is 35.2. The molecule has 0 radical (unpaired) electrons. The highest BCUT2D eigenvalue weighted by Gasteiger charge is 2.43. The summed E-state index contributed by atoms with van der Waals surface area (Å²) in [5, 5.41) is 0. The predicted molar refractivity (Wildman–Crippen MR) is 71.5 cm³/mol. The van der Waals surface area contributed by atoms with E-state index in [-0.39, 0.29) is 0 Å². The minimum Gasteiger partial charge on any atom is -0.0654 e. The van der Waals surface area contributed by atoms with E-state index >= 15 is 0 Å². The van der Waals surface area contributed by atoms with Gasteiger partial charge in [-0.3, -0.25) is 0 Å². The predicted octanol–water partition coefficient (Wildman–Crippen LogP) is 5.56. The molecule has 16 heavy (non-hydrogen) atoms. The Morgan fingerprint density at radius 1 is 1.00 bits per heavy atom. The molecule has 0 heterocycles.